The number of ether oxygens (including phenoxy) is 4. The van der Waals surface area contributed by atoms with Gasteiger partial charge in [0.1, 0.15) is 17.2 Å². The van der Waals surface area contributed by atoms with Gasteiger partial charge in [0, 0.05) is 40.0 Å². The summed E-state index contributed by atoms with van der Waals surface area (Å²) in [6.45, 7) is 1.80. The minimum absolute atomic E-state index is 0.0268. The molecule has 3 N–H and O–H groups in total. The summed E-state index contributed by atoms with van der Waals surface area (Å²) in [5.74, 6) is 0.975. The van der Waals surface area contributed by atoms with E-state index in [1.54, 1.807) is 118 Å². The Bertz CT molecular complexity index is 1690. The zero-order valence-electron chi connectivity index (χ0n) is 26.1. The number of thioether (sulfide) groups is 1. The number of carbonyl (C=O) groups excluding carboxylic acids is 3. The molecule has 0 aliphatic rings. The van der Waals surface area contributed by atoms with Gasteiger partial charge in [0.05, 0.1) is 33.7 Å². The summed E-state index contributed by atoms with van der Waals surface area (Å²) in [5, 5.41) is 8.02. The van der Waals surface area contributed by atoms with Crippen molar-refractivity contribution in [2.24, 2.45) is 0 Å². The maximum Gasteiger partial charge on any atom is 0.272 e. The number of hydrogen-bond acceptors (Lipinski definition) is 8. The summed E-state index contributed by atoms with van der Waals surface area (Å²) < 4.78 is 21.2. The number of carbonyl (C=O) groups is 3. The molecule has 46 heavy (non-hydrogen) atoms. The lowest BCUT2D eigenvalue weighted by Crippen LogP contribution is -2.30. The van der Waals surface area contributed by atoms with Gasteiger partial charge >= 0.3 is 0 Å². The lowest BCUT2D eigenvalue weighted by molar-refractivity contribution is -0.115. The third kappa shape index (κ3) is 9.05. The van der Waals surface area contributed by atoms with Crippen LogP contribution in [0.1, 0.15) is 22.8 Å². The van der Waals surface area contributed by atoms with E-state index in [-0.39, 0.29) is 11.6 Å². The molecule has 0 aliphatic heterocycles. The third-order valence-electron chi connectivity index (χ3n) is 6.66. The van der Waals surface area contributed by atoms with Gasteiger partial charge in [-0.15, -0.1) is 11.8 Å². The van der Waals surface area contributed by atoms with Gasteiger partial charge in [-0.3, -0.25) is 14.4 Å². The first-order valence-electron chi connectivity index (χ1n) is 14.1. The molecule has 0 saturated carbocycles. The molecule has 0 fully saturated rings. The van der Waals surface area contributed by atoms with Crippen LogP contribution in [0.2, 0.25) is 0 Å². The molecule has 4 aromatic rings. The van der Waals surface area contributed by atoms with Gasteiger partial charge in [-0.25, -0.2) is 0 Å². The largest absolute Gasteiger partial charge is 0.497 e. The van der Waals surface area contributed by atoms with Crippen molar-refractivity contribution >= 4 is 46.9 Å². The first-order valence-corrected chi connectivity index (χ1v) is 15.0. The summed E-state index contributed by atoms with van der Waals surface area (Å²) >= 11 is 1.36. The number of anilines is 2. The molecule has 1 atom stereocenters. The molecule has 0 spiro atoms. The van der Waals surface area contributed by atoms with Crippen LogP contribution in [0, 0.1) is 0 Å². The molecule has 4 aromatic carbocycles. The van der Waals surface area contributed by atoms with Crippen molar-refractivity contribution in [2.45, 2.75) is 17.1 Å². The lowest BCUT2D eigenvalue weighted by Gasteiger charge is -2.14. The van der Waals surface area contributed by atoms with E-state index in [1.807, 2.05) is 0 Å². The Kier molecular flexibility index (Phi) is 11.7. The predicted molar refractivity (Wildman–Crippen MR) is 180 cm³/mol. The Morgan fingerprint density at radius 1 is 0.696 bits per heavy atom. The fourth-order valence-electron chi connectivity index (χ4n) is 4.25. The van der Waals surface area contributed by atoms with Gasteiger partial charge in [0.2, 0.25) is 5.91 Å². The molecule has 0 saturated heterocycles. The number of rotatable bonds is 13. The van der Waals surface area contributed by atoms with Gasteiger partial charge in [-0.1, -0.05) is 24.3 Å². The smallest absolute Gasteiger partial charge is 0.272 e. The van der Waals surface area contributed by atoms with Crippen molar-refractivity contribution in [3.63, 3.8) is 0 Å². The summed E-state index contributed by atoms with van der Waals surface area (Å²) in [4.78, 5) is 40.2. The van der Waals surface area contributed by atoms with E-state index in [9.17, 15) is 14.4 Å². The monoisotopic (exact) mass is 641 g/mol. The Morgan fingerprint density at radius 3 is 1.96 bits per heavy atom. The van der Waals surface area contributed by atoms with Crippen LogP contribution in [0.3, 0.4) is 0 Å². The minimum atomic E-state index is -0.527. The van der Waals surface area contributed by atoms with Crippen molar-refractivity contribution in [1.29, 1.82) is 0 Å². The standard InChI is InChI=1S/C35H35N3O7S/c1-22(33(39)37-26-19-27(42-2)21-28(20-26)43-3)46-29-14-12-25(13-15-29)36-35(41)30(38-34(40)24-9-7-6-8-10-24)17-23-11-16-31(44-4)32(18-23)45-5/h6-22H,1-5H3,(H,36,41)(H,37,39)(H,38,40)/b30-17-. The molecule has 238 valence electrons. The van der Waals surface area contributed by atoms with Crippen LogP contribution in [0.5, 0.6) is 23.0 Å². The van der Waals surface area contributed by atoms with Crippen molar-refractivity contribution in [1.82, 2.24) is 5.32 Å². The van der Waals surface area contributed by atoms with Crippen LogP contribution in [0.4, 0.5) is 11.4 Å². The number of benzene rings is 4. The van der Waals surface area contributed by atoms with Crippen molar-refractivity contribution in [3.05, 3.63) is 108 Å². The number of hydrogen-bond donors (Lipinski definition) is 3. The van der Waals surface area contributed by atoms with Crippen LogP contribution < -0.4 is 34.9 Å². The molecule has 11 heteroatoms. The molecular formula is C35H35N3O7S. The van der Waals surface area contributed by atoms with E-state index in [0.29, 0.717) is 45.5 Å². The second kappa shape index (κ2) is 16.1. The molecule has 0 bridgehead atoms. The maximum absolute atomic E-state index is 13.5. The highest BCUT2D eigenvalue weighted by Gasteiger charge is 2.18. The minimum Gasteiger partial charge on any atom is -0.497 e. The topological polar surface area (TPSA) is 124 Å². The summed E-state index contributed by atoms with van der Waals surface area (Å²) in [6.07, 6.45) is 1.56. The molecule has 0 heterocycles. The zero-order chi connectivity index (χ0) is 33.1. The van der Waals surface area contributed by atoms with Crippen LogP contribution in [-0.2, 0) is 9.59 Å². The van der Waals surface area contributed by atoms with Gasteiger partial charge in [0.25, 0.3) is 11.8 Å². The Labute approximate surface area is 272 Å². The molecule has 0 radical (unpaired) electrons. The summed E-state index contributed by atoms with van der Waals surface area (Å²) in [5.41, 5.74) is 2.10. The Balaban J connectivity index is 1.46. The highest BCUT2D eigenvalue weighted by Crippen LogP contribution is 2.30. The predicted octanol–water partition coefficient (Wildman–Crippen LogP) is 6.25. The molecule has 0 aromatic heterocycles. The quantitative estimate of drug-likeness (QED) is 0.116. The highest BCUT2D eigenvalue weighted by atomic mass is 32.2. The van der Waals surface area contributed by atoms with E-state index in [4.69, 9.17) is 18.9 Å². The fourth-order valence-corrected chi connectivity index (χ4v) is 5.12. The van der Waals surface area contributed by atoms with Gasteiger partial charge in [0.15, 0.2) is 11.5 Å². The average Bonchev–Trinajstić information content (AvgIpc) is 3.08. The first kappa shape index (κ1) is 33.5. The van der Waals surface area contributed by atoms with Crippen molar-refractivity contribution in [2.75, 3.05) is 39.1 Å². The molecule has 3 amide bonds. The third-order valence-corrected chi connectivity index (χ3v) is 7.77. The van der Waals surface area contributed by atoms with Gasteiger partial charge in [-0.05, 0) is 67.1 Å². The van der Waals surface area contributed by atoms with E-state index in [1.165, 1.54) is 26.0 Å². The first-order chi connectivity index (χ1) is 22.2. The van der Waals surface area contributed by atoms with Crippen molar-refractivity contribution in [3.8, 4) is 23.0 Å². The summed E-state index contributed by atoms with van der Waals surface area (Å²) in [7, 11) is 6.14. The molecule has 4 rings (SSSR count). The average molecular weight is 642 g/mol. The maximum atomic E-state index is 13.5. The van der Waals surface area contributed by atoms with Crippen LogP contribution in [0.15, 0.2) is 102 Å². The number of nitrogens with one attached hydrogen (secondary N) is 3. The van der Waals surface area contributed by atoms with E-state index in [0.717, 1.165) is 4.90 Å². The normalized spacial score (nSPS) is 11.5. The second-order valence-electron chi connectivity index (χ2n) is 9.82. The molecule has 1 unspecified atom stereocenters. The summed E-state index contributed by atoms with van der Waals surface area (Å²) in [6, 6.07) is 26.0. The lowest BCUT2D eigenvalue weighted by atomic mass is 10.1. The van der Waals surface area contributed by atoms with Crippen molar-refractivity contribution < 1.29 is 33.3 Å². The SMILES string of the molecule is COc1cc(NC(=O)C(C)Sc2ccc(NC(=O)/C(=C/c3ccc(OC)c(OC)c3)NC(=O)c3ccccc3)cc2)cc(OC)c1. The van der Waals surface area contributed by atoms with Crippen LogP contribution in [-0.4, -0.2) is 51.4 Å². The molecule has 10 nitrogen and oxygen atoms in total. The number of methoxy groups -OCH3 is 4. The van der Waals surface area contributed by atoms with Crippen LogP contribution >= 0.6 is 11.8 Å². The van der Waals surface area contributed by atoms with Gasteiger partial charge < -0.3 is 34.9 Å². The Hall–Kier alpha value is -5.42. The Morgan fingerprint density at radius 2 is 1.35 bits per heavy atom. The van der Waals surface area contributed by atoms with Gasteiger partial charge in [-0.2, -0.15) is 0 Å². The zero-order valence-corrected chi connectivity index (χ0v) is 26.9. The molecule has 0 aliphatic carbocycles. The second-order valence-corrected chi connectivity index (χ2v) is 11.2. The fraction of sp³-hybridized carbons (Fsp3) is 0.171. The van der Waals surface area contributed by atoms with E-state index < -0.39 is 17.1 Å². The van der Waals surface area contributed by atoms with Crippen LogP contribution in [0.25, 0.3) is 6.08 Å². The molecular weight excluding hydrogens is 606 g/mol. The van der Waals surface area contributed by atoms with E-state index >= 15 is 0 Å². The van der Waals surface area contributed by atoms with E-state index in [2.05, 4.69) is 16.0 Å². The number of amides is 3. The highest BCUT2D eigenvalue weighted by molar-refractivity contribution is 8.00.